The van der Waals surface area contributed by atoms with Gasteiger partial charge in [-0.15, -0.1) is 0 Å². The maximum absolute atomic E-state index is 11.9. The zero-order valence-corrected chi connectivity index (χ0v) is 11.6. The van der Waals surface area contributed by atoms with Gasteiger partial charge >= 0.3 is 0 Å². The lowest BCUT2D eigenvalue weighted by Gasteiger charge is -2.20. The van der Waals surface area contributed by atoms with Crippen LogP contribution in [0.3, 0.4) is 0 Å². The lowest BCUT2D eigenvalue weighted by molar-refractivity contribution is -0.385. The number of benzene rings is 1. The molecule has 0 aliphatic carbocycles. The van der Waals surface area contributed by atoms with E-state index >= 15 is 0 Å². The Morgan fingerprint density at radius 3 is 2.45 bits per heavy atom. The first kappa shape index (κ1) is 15.6. The summed E-state index contributed by atoms with van der Waals surface area (Å²) in [6, 6.07) is 4.09. The number of hydrogen-bond acceptors (Lipinski definition) is 4. The topological polar surface area (TPSA) is 115 Å². The van der Waals surface area contributed by atoms with Gasteiger partial charge in [-0.05, 0) is 32.9 Å². The molecule has 0 saturated carbocycles. The average molecular weight is 279 g/mol. The van der Waals surface area contributed by atoms with Crippen molar-refractivity contribution >= 4 is 17.5 Å². The van der Waals surface area contributed by atoms with Gasteiger partial charge in [-0.1, -0.05) is 0 Å². The molecule has 0 atom stereocenters. The Morgan fingerprint density at radius 2 is 2.00 bits per heavy atom. The summed E-state index contributed by atoms with van der Waals surface area (Å²) in [5, 5.41) is 13.3. The predicted octanol–water partition coefficient (Wildman–Crippen LogP) is 1.14. The minimum atomic E-state index is -0.856. The van der Waals surface area contributed by atoms with E-state index < -0.39 is 22.2 Å². The molecule has 0 aliphatic heterocycles. The Labute approximate surface area is 116 Å². The van der Waals surface area contributed by atoms with Crippen molar-refractivity contribution in [1.29, 1.82) is 0 Å². The number of nitrogens with two attached hydrogens (primary N) is 1. The van der Waals surface area contributed by atoms with E-state index in [2.05, 4.69) is 5.32 Å². The minimum Gasteiger partial charge on any atom is -0.369 e. The smallest absolute Gasteiger partial charge is 0.272 e. The number of hydrogen-bond donors (Lipinski definition) is 2. The molecule has 0 unspecified atom stereocenters. The molecule has 108 valence electrons. The molecule has 2 amide bonds. The van der Waals surface area contributed by atoms with Crippen LogP contribution in [0, 0.1) is 22.5 Å². The fourth-order valence-corrected chi connectivity index (χ4v) is 1.49. The first-order chi connectivity index (χ1) is 9.15. The third-order valence-corrected chi connectivity index (χ3v) is 3.01. The summed E-state index contributed by atoms with van der Waals surface area (Å²) in [5.41, 5.74) is 5.01. The number of rotatable bonds is 5. The third kappa shape index (κ3) is 3.53. The Bertz CT molecular complexity index is 567. The quantitative estimate of drug-likeness (QED) is 0.621. The maximum atomic E-state index is 11.9. The van der Waals surface area contributed by atoms with Gasteiger partial charge in [-0.3, -0.25) is 19.7 Å². The Morgan fingerprint density at radius 1 is 1.40 bits per heavy atom. The summed E-state index contributed by atoms with van der Waals surface area (Å²) in [4.78, 5) is 33.2. The molecular weight excluding hydrogens is 262 g/mol. The first-order valence-electron chi connectivity index (χ1n) is 5.98. The second-order valence-corrected chi connectivity index (χ2v) is 5.19. The molecular formula is C13H17N3O4. The molecule has 1 aromatic carbocycles. The van der Waals surface area contributed by atoms with Crippen molar-refractivity contribution in [3.8, 4) is 0 Å². The zero-order valence-electron chi connectivity index (χ0n) is 11.6. The number of nitro groups is 1. The standard InChI is InChI=1S/C13H17N3O4/c1-8-6-9(4-5-10(8)16(19)20)11(17)15-7-13(2,3)12(14)18/h4-6H,7H2,1-3H3,(H2,14,18)(H,15,17). The van der Waals surface area contributed by atoms with Crippen LogP contribution in [0.1, 0.15) is 29.8 Å². The fraction of sp³-hybridized carbons (Fsp3) is 0.385. The number of nitrogens with one attached hydrogen (secondary N) is 1. The number of primary amides is 1. The van der Waals surface area contributed by atoms with Crippen LogP contribution in [0.25, 0.3) is 0 Å². The molecule has 0 aliphatic rings. The molecule has 0 fully saturated rings. The molecule has 0 bridgehead atoms. The molecule has 0 spiro atoms. The maximum Gasteiger partial charge on any atom is 0.272 e. The highest BCUT2D eigenvalue weighted by Crippen LogP contribution is 2.19. The van der Waals surface area contributed by atoms with E-state index in [-0.39, 0.29) is 12.2 Å². The van der Waals surface area contributed by atoms with Gasteiger partial charge in [0.15, 0.2) is 0 Å². The summed E-state index contributed by atoms with van der Waals surface area (Å²) in [7, 11) is 0. The number of carbonyl (C=O) groups is 2. The highest BCUT2D eigenvalue weighted by Gasteiger charge is 2.25. The number of aryl methyl sites for hydroxylation is 1. The van der Waals surface area contributed by atoms with Crippen LogP contribution < -0.4 is 11.1 Å². The second kappa shape index (κ2) is 5.68. The number of nitrogens with zero attached hydrogens (tertiary/aromatic N) is 1. The van der Waals surface area contributed by atoms with Crippen LogP contribution in [-0.4, -0.2) is 23.3 Å². The van der Waals surface area contributed by atoms with Crippen LogP contribution in [-0.2, 0) is 4.79 Å². The van der Waals surface area contributed by atoms with E-state index in [1.807, 2.05) is 0 Å². The normalized spacial score (nSPS) is 10.9. The van der Waals surface area contributed by atoms with Crippen molar-refractivity contribution in [3.05, 3.63) is 39.4 Å². The minimum absolute atomic E-state index is 0.0426. The monoisotopic (exact) mass is 279 g/mol. The Hall–Kier alpha value is -2.44. The molecule has 3 N–H and O–H groups in total. The summed E-state index contributed by atoms with van der Waals surface area (Å²) >= 11 is 0. The van der Waals surface area contributed by atoms with Crippen molar-refractivity contribution < 1.29 is 14.5 Å². The average Bonchev–Trinajstić information content (AvgIpc) is 2.35. The molecule has 7 nitrogen and oxygen atoms in total. The van der Waals surface area contributed by atoms with E-state index in [0.717, 1.165) is 0 Å². The highest BCUT2D eigenvalue weighted by atomic mass is 16.6. The van der Waals surface area contributed by atoms with Crippen LogP contribution in [0.5, 0.6) is 0 Å². The lowest BCUT2D eigenvalue weighted by Crippen LogP contribution is -2.42. The first-order valence-corrected chi connectivity index (χ1v) is 5.98. The SMILES string of the molecule is Cc1cc(C(=O)NCC(C)(C)C(N)=O)ccc1[N+](=O)[O-]. The molecule has 0 aromatic heterocycles. The van der Waals surface area contributed by atoms with Gasteiger partial charge in [-0.25, -0.2) is 0 Å². The highest BCUT2D eigenvalue weighted by molar-refractivity contribution is 5.95. The van der Waals surface area contributed by atoms with E-state index in [0.29, 0.717) is 11.1 Å². The summed E-state index contributed by atoms with van der Waals surface area (Å²) < 4.78 is 0. The predicted molar refractivity (Wildman–Crippen MR) is 73.1 cm³/mol. The van der Waals surface area contributed by atoms with Crippen LogP contribution in [0.2, 0.25) is 0 Å². The van der Waals surface area contributed by atoms with Crippen molar-refractivity contribution in [1.82, 2.24) is 5.32 Å². The zero-order chi connectivity index (χ0) is 15.5. The second-order valence-electron chi connectivity index (χ2n) is 5.19. The number of amides is 2. The molecule has 0 radical (unpaired) electrons. The third-order valence-electron chi connectivity index (χ3n) is 3.01. The molecule has 20 heavy (non-hydrogen) atoms. The van der Waals surface area contributed by atoms with E-state index in [1.165, 1.54) is 18.2 Å². The Kier molecular flexibility index (Phi) is 4.44. The van der Waals surface area contributed by atoms with Crippen molar-refractivity contribution in [2.75, 3.05) is 6.54 Å². The molecule has 1 aromatic rings. The summed E-state index contributed by atoms with van der Waals surface area (Å²) in [6.07, 6.45) is 0. The van der Waals surface area contributed by atoms with E-state index in [9.17, 15) is 19.7 Å². The summed E-state index contributed by atoms with van der Waals surface area (Å²) in [6.45, 7) is 4.90. The van der Waals surface area contributed by atoms with Crippen molar-refractivity contribution in [3.63, 3.8) is 0 Å². The number of carbonyl (C=O) groups excluding carboxylic acids is 2. The Balaban J connectivity index is 2.82. The molecule has 0 heterocycles. The van der Waals surface area contributed by atoms with Crippen molar-refractivity contribution in [2.45, 2.75) is 20.8 Å². The van der Waals surface area contributed by atoms with Crippen LogP contribution >= 0.6 is 0 Å². The van der Waals surface area contributed by atoms with Crippen LogP contribution in [0.15, 0.2) is 18.2 Å². The molecule has 7 heteroatoms. The van der Waals surface area contributed by atoms with Gasteiger partial charge in [0.2, 0.25) is 5.91 Å². The largest absolute Gasteiger partial charge is 0.369 e. The molecule has 0 saturated heterocycles. The number of nitro benzene ring substituents is 1. The summed E-state index contributed by atoms with van der Waals surface area (Å²) in [5.74, 6) is -0.921. The fourth-order valence-electron chi connectivity index (χ4n) is 1.49. The van der Waals surface area contributed by atoms with Gasteiger partial charge in [0.25, 0.3) is 11.6 Å². The van der Waals surface area contributed by atoms with Gasteiger partial charge in [0.1, 0.15) is 0 Å². The van der Waals surface area contributed by atoms with Gasteiger partial charge in [0, 0.05) is 23.7 Å². The van der Waals surface area contributed by atoms with E-state index in [1.54, 1.807) is 20.8 Å². The lowest BCUT2D eigenvalue weighted by atomic mass is 9.92. The van der Waals surface area contributed by atoms with Gasteiger partial charge in [-0.2, -0.15) is 0 Å². The van der Waals surface area contributed by atoms with Crippen molar-refractivity contribution in [2.24, 2.45) is 11.1 Å². The van der Waals surface area contributed by atoms with Crippen LogP contribution in [0.4, 0.5) is 5.69 Å². The molecule has 1 rings (SSSR count). The van der Waals surface area contributed by atoms with Gasteiger partial charge < -0.3 is 11.1 Å². The van der Waals surface area contributed by atoms with E-state index in [4.69, 9.17) is 5.73 Å². The van der Waals surface area contributed by atoms with Gasteiger partial charge in [0.05, 0.1) is 10.3 Å².